The van der Waals surface area contributed by atoms with Crippen LogP contribution >= 0.6 is 0 Å². The highest BCUT2D eigenvalue weighted by Gasteiger charge is 2.11. The lowest BCUT2D eigenvalue weighted by molar-refractivity contribution is 0.124. The van der Waals surface area contributed by atoms with Crippen LogP contribution in [0.5, 0.6) is 0 Å². The summed E-state index contributed by atoms with van der Waals surface area (Å²) in [7, 11) is 0. The Morgan fingerprint density at radius 2 is 1.76 bits per heavy atom. The highest BCUT2D eigenvalue weighted by molar-refractivity contribution is 4.71. The van der Waals surface area contributed by atoms with Gasteiger partial charge in [0.15, 0.2) is 0 Å². The molecule has 0 atom stereocenters. The highest BCUT2D eigenvalue weighted by Crippen LogP contribution is 2.17. The first kappa shape index (κ1) is 15.0. The van der Waals surface area contributed by atoms with Crippen LogP contribution in [0.15, 0.2) is 0 Å². The maximum atomic E-state index is 5.63. The van der Waals surface area contributed by atoms with Gasteiger partial charge in [-0.25, -0.2) is 0 Å². The van der Waals surface area contributed by atoms with Crippen molar-refractivity contribution < 1.29 is 4.74 Å². The zero-order valence-corrected chi connectivity index (χ0v) is 11.8. The Bertz CT molecular complexity index is 164. The Morgan fingerprint density at radius 1 is 1.06 bits per heavy atom. The van der Waals surface area contributed by atoms with Gasteiger partial charge in [0.05, 0.1) is 0 Å². The molecule has 1 fully saturated rings. The zero-order valence-electron chi connectivity index (χ0n) is 11.8. The summed E-state index contributed by atoms with van der Waals surface area (Å²) >= 11 is 0. The Kier molecular flexibility index (Phi) is 8.72. The normalized spacial score (nSPS) is 17.8. The second kappa shape index (κ2) is 9.90. The molecule has 0 unspecified atom stereocenters. The molecule has 0 radical (unpaired) electrons. The average Bonchev–Trinajstić information content (AvgIpc) is 2.33. The van der Waals surface area contributed by atoms with E-state index in [-0.39, 0.29) is 0 Å². The summed E-state index contributed by atoms with van der Waals surface area (Å²) in [6, 6.07) is 0.796. The minimum atomic E-state index is 0.796. The van der Waals surface area contributed by atoms with Crippen molar-refractivity contribution in [1.29, 1.82) is 0 Å². The molecule has 17 heavy (non-hydrogen) atoms. The van der Waals surface area contributed by atoms with E-state index in [9.17, 15) is 0 Å². The molecule has 0 heterocycles. The molecule has 0 saturated heterocycles. The van der Waals surface area contributed by atoms with E-state index in [4.69, 9.17) is 4.74 Å². The lowest BCUT2D eigenvalue weighted by Gasteiger charge is -2.22. The quantitative estimate of drug-likeness (QED) is 0.621. The molecule has 0 spiro atoms. The molecule has 1 aliphatic carbocycles. The lowest BCUT2D eigenvalue weighted by Crippen LogP contribution is -2.32. The molecular weight excluding hydrogens is 210 g/mol. The molecule has 0 aromatic rings. The summed E-state index contributed by atoms with van der Waals surface area (Å²) in [6.07, 6.45) is 10.7. The van der Waals surface area contributed by atoms with Gasteiger partial charge in [-0.2, -0.15) is 0 Å². The third-order valence-corrected chi connectivity index (χ3v) is 3.57. The fourth-order valence-electron chi connectivity index (χ4n) is 2.48. The molecule has 1 rings (SSSR count). The van der Waals surface area contributed by atoms with Crippen LogP contribution in [0.3, 0.4) is 0 Å². The van der Waals surface area contributed by atoms with Gasteiger partial charge in [0.1, 0.15) is 0 Å². The van der Waals surface area contributed by atoms with E-state index < -0.39 is 0 Å². The molecule has 1 saturated carbocycles. The fraction of sp³-hybridized carbons (Fsp3) is 1.00. The minimum Gasteiger partial charge on any atom is -0.381 e. The van der Waals surface area contributed by atoms with Gasteiger partial charge in [0.2, 0.25) is 0 Å². The summed E-state index contributed by atoms with van der Waals surface area (Å²) in [4.78, 5) is 0. The monoisotopic (exact) mass is 241 g/mol. The van der Waals surface area contributed by atoms with Gasteiger partial charge < -0.3 is 10.1 Å². The summed E-state index contributed by atoms with van der Waals surface area (Å²) in [6.45, 7) is 7.55. The molecule has 1 N–H and O–H groups in total. The number of nitrogens with one attached hydrogen (secondary N) is 1. The van der Waals surface area contributed by atoms with E-state index in [1.165, 1.54) is 44.9 Å². The van der Waals surface area contributed by atoms with Crippen LogP contribution < -0.4 is 5.32 Å². The maximum Gasteiger partial charge on any atom is 0.0478 e. The van der Waals surface area contributed by atoms with E-state index in [0.717, 1.165) is 38.1 Å². The van der Waals surface area contributed by atoms with Crippen molar-refractivity contribution in [2.24, 2.45) is 5.92 Å². The van der Waals surface area contributed by atoms with Crippen LogP contribution in [-0.2, 0) is 4.74 Å². The van der Waals surface area contributed by atoms with Crippen LogP contribution in [0.1, 0.15) is 65.2 Å². The first-order chi connectivity index (χ1) is 8.29. The van der Waals surface area contributed by atoms with Gasteiger partial charge >= 0.3 is 0 Å². The van der Waals surface area contributed by atoms with Crippen molar-refractivity contribution in [3.8, 4) is 0 Å². The second-order valence-corrected chi connectivity index (χ2v) is 5.79. The van der Waals surface area contributed by atoms with Gasteiger partial charge in [-0.1, -0.05) is 33.1 Å². The van der Waals surface area contributed by atoms with Crippen LogP contribution in [0, 0.1) is 5.92 Å². The third-order valence-electron chi connectivity index (χ3n) is 3.57. The highest BCUT2D eigenvalue weighted by atomic mass is 16.5. The summed E-state index contributed by atoms with van der Waals surface area (Å²) in [5.74, 6) is 0.812. The molecule has 0 aromatic carbocycles. The van der Waals surface area contributed by atoms with Crippen molar-refractivity contribution in [2.75, 3.05) is 19.8 Å². The maximum absolute atomic E-state index is 5.63. The first-order valence-corrected chi connectivity index (χ1v) is 7.60. The molecular formula is C15H31NO. The summed E-state index contributed by atoms with van der Waals surface area (Å²) < 4.78 is 5.63. The van der Waals surface area contributed by atoms with Crippen molar-refractivity contribution >= 4 is 0 Å². The molecule has 0 aromatic heterocycles. The van der Waals surface area contributed by atoms with Crippen molar-refractivity contribution in [3.05, 3.63) is 0 Å². The zero-order chi connectivity index (χ0) is 12.3. The van der Waals surface area contributed by atoms with E-state index in [1.807, 2.05) is 0 Å². The van der Waals surface area contributed by atoms with E-state index in [2.05, 4.69) is 19.2 Å². The van der Waals surface area contributed by atoms with Crippen LogP contribution in [-0.4, -0.2) is 25.8 Å². The number of hydrogen-bond acceptors (Lipinski definition) is 2. The third kappa shape index (κ3) is 8.62. The lowest BCUT2D eigenvalue weighted by atomic mass is 9.95. The number of rotatable bonds is 9. The van der Waals surface area contributed by atoms with Crippen LogP contribution in [0.2, 0.25) is 0 Å². The van der Waals surface area contributed by atoms with Crippen LogP contribution in [0.25, 0.3) is 0 Å². The largest absolute Gasteiger partial charge is 0.381 e. The molecule has 0 bridgehead atoms. The summed E-state index contributed by atoms with van der Waals surface area (Å²) in [5.41, 5.74) is 0. The Morgan fingerprint density at radius 3 is 2.47 bits per heavy atom. The molecule has 0 amide bonds. The van der Waals surface area contributed by atoms with Crippen molar-refractivity contribution in [3.63, 3.8) is 0 Å². The topological polar surface area (TPSA) is 21.3 Å². The fourth-order valence-corrected chi connectivity index (χ4v) is 2.48. The smallest absolute Gasteiger partial charge is 0.0478 e. The van der Waals surface area contributed by atoms with Crippen molar-refractivity contribution in [2.45, 2.75) is 71.3 Å². The predicted molar refractivity (Wildman–Crippen MR) is 74.4 cm³/mol. The molecule has 2 nitrogen and oxygen atoms in total. The summed E-state index contributed by atoms with van der Waals surface area (Å²) in [5, 5.41) is 3.65. The van der Waals surface area contributed by atoms with Gasteiger partial charge in [-0.05, 0) is 44.6 Å². The van der Waals surface area contributed by atoms with E-state index in [1.54, 1.807) is 0 Å². The minimum absolute atomic E-state index is 0.796. The Balaban J connectivity index is 1.78. The standard InChI is InChI=1S/C15H31NO/c1-14(2)8-6-12-17-13-7-11-16-15-9-4-3-5-10-15/h14-16H,3-13H2,1-2H3. The average molecular weight is 241 g/mol. The van der Waals surface area contributed by atoms with Gasteiger partial charge in [0, 0.05) is 19.3 Å². The second-order valence-electron chi connectivity index (χ2n) is 5.79. The Hall–Kier alpha value is -0.0800. The van der Waals surface area contributed by atoms with E-state index in [0.29, 0.717) is 0 Å². The molecule has 102 valence electrons. The van der Waals surface area contributed by atoms with Crippen LogP contribution in [0.4, 0.5) is 0 Å². The molecule has 2 heteroatoms. The Labute approximate surface area is 108 Å². The molecule has 1 aliphatic rings. The van der Waals surface area contributed by atoms with Gasteiger partial charge in [-0.15, -0.1) is 0 Å². The van der Waals surface area contributed by atoms with Gasteiger partial charge in [0.25, 0.3) is 0 Å². The first-order valence-electron chi connectivity index (χ1n) is 7.60. The predicted octanol–water partition coefficient (Wildman–Crippen LogP) is 3.75. The van der Waals surface area contributed by atoms with E-state index >= 15 is 0 Å². The molecule has 0 aliphatic heterocycles. The van der Waals surface area contributed by atoms with Gasteiger partial charge in [-0.3, -0.25) is 0 Å². The van der Waals surface area contributed by atoms with Crippen molar-refractivity contribution in [1.82, 2.24) is 5.32 Å². The number of ether oxygens (including phenoxy) is 1. The SMILES string of the molecule is CC(C)CCCOCCCNC1CCCCC1. The number of hydrogen-bond donors (Lipinski definition) is 1.